The summed E-state index contributed by atoms with van der Waals surface area (Å²) in [6.45, 7) is 0. The van der Waals surface area contributed by atoms with Crippen molar-refractivity contribution in [2.24, 2.45) is 0 Å². The highest BCUT2D eigenvalue weighted by atomic mass is 35.5. The van der Waals surface area contributed by atoms with Gasteiger partial charge in [0.05, 0.1) is 6.42 Å². The first-order chi connectivity index (χ1) is 9.33. The van der Waals surface area contributed by atoms with Gasteiger partial charge in [0.1, 0.15) is 5.38 Å². The molecule has 3 rings (SSSR count). The van der Waals surface area contributed by atoms with E-state index in [0.717, 1.165) is 5.56 Å². The zero-order valence-electron chi connectivity index (χ0n) is 9.99. The number of hydrogen-bond acceptors (Lipinski definition) is 4. The fourth-order valence-corrected chi connectivity index (χ4v) is 2.68. The lowest BCUT2D eigenvalue weighted by Gasteiger charge is -2.03. The molecule has 19 heavy (non-hydrogen) atoms. The van der Waals surface area contributed by atoms with E-state index in [1.54, 1.807) is 11.3 Å². The van der Waals surface area contributed by atoms with Crippen LogP contribution in [0.2, 0.25) is 0 Å². The zero-order valence-corrected chi connectivity index (χ0v) is 11.6. The summed E-state index contributed by atoms with van der Waals surface area (Å²) in [5.74, 6) is 1.04. The Bertz CT molecular complexity index is 637. The van der Waals surface area contributed by atoms with Crippen LogP contribution in [-0.2, 0) is 6.42 Å². The van der Waals surface area contributed by atoms with Gasteiger partial charge in [-0.25, -0.2) is 0 Å². The van der Waals surface area contributed by atoms with Gasteiger partial charge >= 0.3 is 0 Å². The third-order valence-corrected chi connectivity index (χ3v) is 3.90. The SMILES string of the molecule is ClC(c1ccccc1)c1nnc(Cc2ccsc2)o1. The Hall–Kier alpha value is -1.65. The molecule has 0 bridgehead atoms. The van der Waals surface area contributed by atoms with Crippen molar-refractivity contribution in [2.75, 3.05) is 0 Å². The maximum Gasteiger partial charge on any atom is 0.238 e. The van der Waals surface area contributed by atoms with Crippen LogP contribution in [0, 0.1) is 0 Å². The number of rotatable bonds is 4. The minimum Gasteiger partial charge on any atom is -0.423 e. The molecule has 0 aliphatic heterocycles. The Morgan fingerprint density at radius 1 is 1.16 bits per heavy atom. The van der Waals surface area contributed by atoms with Crippen LogP contribution in [0.25, 0.3) is 0 Å². The van der Waals surface area contributed by atoms with E-state index in [1.807, 2.05) is 41.8 Å². The maximum absolute atomic E-state index is 6.33. The molecule has 0 saturated carbocycles. The van der Waals surface area contributed by atoms with Crippen LogP contribution >= 0.6 is 22.9 Å². The molecule has 0 spiro atoms. The average Bonchev–Trinajstić information content (AvgIpc) is 3.11. The summed E-state index contributed by atoms with van der Waals surface area (Å²) in [4.78, 5) is 0. The molecule has 0 saturated heterocycles. The average molecular weight is 291 g/mol. The van der Waals surface area contributed by atoms with Gasteiger partial charge in [-0.1, -0.05) is 30.3 Å². The van der Waals surface area contributed by atoms with Crippen molar-refractivity contribution in [3.05, 3.63) is 70.1 Å². The lowest BCUT2D eigenvalue weighted by Crippen LogP contribution is -1.92. The number of thiophene rings is 1. The number of alkyl halides is 1. The number of benzene rings is 1. The summed E-state index contributed by atoms with van der Waals surface area (Å²) in [6.07, 6.45) is 0.648. The van der Waals surface area contributed by atoms with Crippen LogP contribution in [-0.4, -0.2) is 10.2 Å². The Kier molecular flexibility index (Phi) is 3.62. The summed E-state index contributed by atoms with van der Waals surface area (Å²) in [5, 5.41) is 11.8. The van der Waals surface area contributed by atoms with E-state index in [1.165, 1.54) is 5.56 Å². The molecule has 5 heteroatoms. The van der Waals surface area contributed by atoms with Crippen LogP contribution in [0.4, 0.5) is 0 Å². The van der Waals surface area contributed by atoms with Crippen LogP contribution in [0.3, 0.4) is 0 Å². The summed E-state index contributed by atoms with van der Waals surface area (Å²) in [5.41, 5.74) is 2.13. The zero-order chi connectivity index (χ0) is 13.1. The third kappa shape index (κ3) is 2.85. The molecular weight excluding hydrogens is 280 g/mol. The molecule has 2 heterocycles. The second-order valence-electron chi connectivity index (χ2n) is 4.12. The first-order valence-corrected chi connectivity index (χ1v) is 7.23. The third-order valence-electron chi connectivity index (χ3n) is 2.73. The van der Waals surface area contributed by atoms with Crippen LogP contribution < -0.4 is 0 Å². The molecule has 1 unspecified atom stereocenters. The molecular formula is C14H11ClN2OS. The Balaban J connectivity index is 1.78. The minimum atomic E-state index is -0.398. The van der Waals surface area contributed by atoms with E-state index in [4.69, 9.17) is 16.0 Å². The number of aromatic nitrogens is 2. The van der Waals surface area contributed by atoms with E-state index >= 15 is 0 Å². The Morgan fingerprint density at radius 3 is 2.74 bits per heavy atom. The van der Waals surface area contributed by atoms with Gasteiger partial charge in [0.2, 0.25) is 11.8 Å². The topological polar surface area (TPSA) is 38.9 Å². The van der Waals surface area contributed by atoms with Gasteiger partial charge in [-0.15, -0.1) is 21.8 Å². The molecule has 0 aliphatic carbocycles. The van der Waals surface area contributed by atoms with E-state index in [0.29, 0.717) is 18.2 Å². The van der Waals surface area contributed by atoms with Gasteiger partial charge in [0.15, 0.2) is 0 Å². The standard InChI is InChI=1S/C14H11ClN2OS/c15-13(11-4-2-1-3-5-11)14-17-16-12(18-14)8-10-6-7-19-9-10/h1-7,9,13H,8H2. The molecule has 2 aromatic heterocycles. The van der Waals surface area contributed by atoms with Crippen LogP contribution in [0.5, 0.6) is 0 Å². The second-order valence-corrected chi connectivity index (χ2v) is 5.33. The van der Waals surface area contributed by atoms with Crippen molar-refractivity contribution in [3.63, 3.8) is 0 Å². The van der Waals surface area contributed by atoms with Crippen LogP contribution in [0.1, 0.15) is 28.3 Å². The van der Waals surface area contributed by atoms with E-state index in [9.17, 15) is 0 Å². The van der Waals surface area contributed by atoms with Gasteiger partial charge in [-0.2, -0.15) is 11.3 Å². The van der Waals surface area contributed by atoms with Gasteiger partial charge in [-0.05, 0) is 28.0 Å². The number of hydrogen-bond donors (Lipinski definition) is 0. The van der Waals surface area contributed by atoms with E-state index < -0.39 is 5.38 Å². The monoisotopic (exact) mass is 290 g/mol. The smallest absolute Gasteiger partial charge is 0.238 e. The van der Waals surface area contributed by atoms with Gasteiger partial charge < -0.3 is 4.42 Å². The highest BCUT2D eigenvalue weighted by Gasteiger charge is 2.17. The highest BCUT2D eigenvalue weighted by Crippen LogP contribution is 2.27. The molecule has 96 valence electrons. The second kappa shape index (κ2) is 5.55. The summed E-state index contributed by atoms with van der Waals surface area (Å²) in [6, 6.07) is 11.8. The van der Waals surface area contributed by atoms with Crippen molar-refractivity contribution < 1.29 is 4.42 Å². The fraction of sp³-hybridized carbons (Fsp3) is 0.143. The molecule has 1 atom stereocenters. The molecule has 0 N–H and O–H groups in total. The van der Waals surface area contributed by atoms with E-state index in [2.05, 4.69) is 15.6 Å². The molecule has 0 radical (unpaired) electrons. The highest BCUT2D eigenvalue weighted by molar-refractivity contribution is 7.07. The van der Waals surface area contributed by atoms with E-state index in [-0.39, 0.29) is 0 Å². The Labute approximate surface area is 119 Å². The predicted octanol–water partition coefficient (Wildman–Crippen LogP) is 4.05. The fourth-order valence-electron chi connectivity index (χ4n) is 1.77. The lowest BCUT2D eigenvalue weighted by molar-refractivity contribution is 0.463. The normalized spacial score (nSPS) is 12.5. The summed E-state index contributed by atoms with van der Waals surface area (Å²) < 4.78 is 5.62. The maximum atomic E-state index is 6.33. The van der Waals surface area contributed by atoms with Crippen molar-refractivity contribution in [2.45, 2.75) is 11.8 Å². The molecule has 0 aliphatic rings. The van der Waals surface area contributed by atoms with Crippen LogP contribution in [0.15, 0.2) is 51.6 Å². The molecule has 3 aromatic rings. The molecule has 1 aromatic carbocycles. The predicted molar refractivity (Wildman–Crippen MR) is 75.6 cm³/mol. The molecule has 0 amide bonds. The minimum absolute atomic E-state index is 0.398. The van der Waals surface area contributed by atoms with Gasteiger partial charge in [0.25, 0.3) is 0 Å². The van der Waals surface area contributed by atoms with Crippen molar-refractivity contribution in [1.29, 1.82) is 0 Å². The van der Waals surface area contributed by atoms with Crippen molar-refractivity contribution in [3.8, 4) is 0 Å². The lowest BCUT2D eigenvalue weighted by atomic mass is 10.1. The van der Waals surface area contributed by atoms with Crippen molar-refractivity contribution >= 4 is 22.9 Å². The molecule has 3 nitrogen and oxygen atoms in total. The summed E-state index contributed by atoms with van der Waals surface area (Å²) >= 11 is 7.99. The van der Waals surface area contributed by atoms with Gasteiger partial charge in [0, 0.05) is 0 Å². The Morgan fingerprint density at radius 2 is 2.00 bits per heavy atom. The molecule has 0 fully saturated rings. The summed E-state index contributed by atoms with van der Waals surface area (Å²) in [7, 11) is 0. The van der Waals surface area contributed by atoms with Gasteiger partial charge in [-0.3, -0.25) is 0 Å². The first-order valence-electron chi connectivity index (χ1n) is 5.85. The largest absolute Gasteiger partial charge is 0.423 e. The quantitative estimate of drug-likeness (QED) is 0.681. The van der Waals surface area contributed by atoms with Crippen molar-refractivity contribution in [1.82, 2.24) is 10.2 Å². The number of halogens is 1. The number of nitrogens with zero attached hydrogens (tertiary/aromatic N) is 2. The first kappa shape index (κ1) is 12.4.